The Morgan fingerprint density at radius 2 is 1.71 bits per heavy atom. The third kappa shape index (κ3) is 6.47. The van der Waals surface area contributed by atoms with Crippen LogP contribution in [0.1, 0.15) is 55.4 Å². The van der Waals surface area contributed by atoms with Crippen molar-refractivity contribution in [1.82, 2.24) is 19.9 Å². The lowest BCUT2D eigenvalue weighted by atomic mass is 9.87. The Kier molecular flexibility index (Phi) is 7.80. The minimum atomic E-state index is -0.0754. The number of para-hydroxylation sites is 2. The monoisotopic (exact) mass is 470 g/mol. The smallest absolute Gasteiger partial charge is 0.251 e. The Balaban J connectivity index is 1.31. The summed E-state index contributed by atoms with van der Waals surface area (Å²) in [5.74, 6) is 1.87. The molecule has 1 amide bonds. The van der Waals surface area contributed by atoms with Crippen molar-refractivity contribution in [2.45, 2.75) is 52.0 Å². The highest BCUT2D eigenvalue weighted by Gasteiger charge is 2.13. The topological polar surface area (TPSA) is 69.0 Å². The number of hydrogen-bond donors (Lipinski definition) is 1. The van der Waals surface area contributed by atoms with Gasteiger partial charge in [0.05, 0.1) is 17.6 Å². The maximum atomic E-state index is 12.2. The van der Waals surface area contributed by atoms with Gasteiger partial charge in [-0.15, -0.1) is 0 Å². The highest BCUT2D eigenvalue weighted by Crippen LogP contribution is 2.24. The molecule has 2 heterocycles. The lowest BCUT2D eigenvalue weighted by molar-refractivity contribution is 0.0953. The van der Waals surface area contributed by atoms with Crippen molar-refractivity contribution < 1.29 is 9.53 Å². The van der Waals surface area contributed by atoms with Crippen LogP contribution in [0.15, 0.2) is 73.1 Å². The Morgan fingerprint density at radius 1 is 0.971 bits per heavy atom. The van der Waals surface area contributed by atoms with E-state index in [9.17, 15) is 4.79 Å². The van der Waals surface area contributed by atoms with Gasteiger partial charge < -0.3 is 14.6 Å². The Labute approximate surface area is 207 Å². The van der Waals surface area contributed by atoms with Crippen molar-refractivity contribution in [3.8, 4) is 5.75 Å². The van der Waals surface area contributed by atoms with E-state index in [4.69, 9.17) is 9.72 Å². The molecule has 4 rings (SSSR count). The summed E-state index contributed by atoms with van der Waals surface area (Å²) in [7, 11) is 0. The van der Waals surface area contributed by atoms with Crippen LogP contribution < -0.4 is 10.1 Å². The van der Waals surface area contributed by atoms with Gasteiger partial charge in [0.1, 0.15) is 11.6 Å². The van der Waals surface area contributed by atoms with E-state index >= 15 is 0 Å². The van der Waals surface area contributed by atoms with E-state index in [1.54, 1.807) is 24.5 Å². The first-order valence-electron chi connectivity index (χ1n) is 12.3. The summed E-state index contributed by atoms with van der Waals surface area (Å²) < 4.78 is 8.29. The number of ether oxygens (including phenoxy) is 1. The fourth-order valence-corrected chi connectivity index (χ4v) is 4.08. The van der Waals surface area contributed by atoms with Crippen LogP contribution in [-0.2, 0) is 18.4 Å². The second-order valence-electron chi connectivity index (χ2n) is 9.74. The van der Waals surface area contributed by atoms with E-state index in [-0.39, 0.29) is 11.3 Å². The van der Waals surface area contributed by atoms with Gasteiger partial charge in [0.25, 0.3) is 5.91 Å². The summed E-state index contributed by atoms with van der Waals surface area (Å²) in [6.45, 7) is 8.71. The van der Waals surface area contributed by atoms with Crippen LogP contribution in [0.5, 0.6) is 5.75 Å². The van der Waals surface area contributed by atoms with Crippen molar-refractivity contribution in [2.75, 3.05) is 13.2 Å². The fourth-order valence-electron chi connectivity index (χ4n) is 4.08. The number of nitrogens with one attached hydrogen (secondary N) is 1. The number of aromatic nitrogens is 3. The molecule has 1 N–H and O–H groups in total. The van der Waals surface area contributed by atoms with Crippen LogP contribution in [0.4, 0.5) is 0 Å². The Hall–Kier alpha value is -3.67. The summed E-state index contributed by atoms with van der Waals surface area (Å²) in [5.41, 5.74) is 4.20. The quantitative estimate of drug-likeness (QED) is 0.308. The van der Waals surface area contributed by atoms with E-state index < -0.39 is 0 Å². The van der Waals surface area contributed by atoms with Gasteiger partial charge in [0.2, 0.25) is 0 Å². The van der Waals surface area contributed by atoms with Crippen LogP contribution in [0.3, 0.4) is 0 Å². The summed E-state index contributed by atoms with van der Waals surface area (Å²) in [6, 6.07) is 20.1. The molecule has 6 heteroatoms. The highest BCUT2D eigenvalue weighted by molar-refractivity contribution is 5.93. The average Bonchev–Trinajstić information content (AvgIpc) is 3.22. The summed E-state index contributed by atoms with van der Waals surface area (Å²) >= 11 is 0. The maximum absolute atomic E-state index is 12.2. The van der Waals surface area contributed by atoms with Gasteiger partial charge in [-0.3, -0.25) is 9.78 Å². The van der Waals surface area contributed by atoms with Gasteiger partial charge in [0.15, 0.2) is 0 Å². The minimum Gasteiger partial charge on any atom is -0.494 e. The first-order chi connectivity index (χ1) is 16.9. The van der Waals surface area contributed by atoms with Crippen molar-refractivity contribution in [1.29, 1.82) is 0 Å². The standard InChI is InChI=1S/C29H34N4O2/c1-29(2,3)23-11-13-24(14-12-23)35-21-7-20-33-26-9-5-4-8-25(26)32-27(33)10-6-17-31-28(34)22-15-18-30-19-16-22/h4-5,8-9,11-16,18-19H,6-7,10,17,20-21H2,1-3H3,(H,31,34). The molecule has 0 atom stereocenters. The number of carbonyl (C=O) groups excluding carboxylic acids is 1. The number of benzene rings is 2. The number of aryl methyl sites for hydroxylation is 2. The van der Waals surface area contributed by atoms with Gasteiger partial charge in [-0.1, -0.05) is 45.0 Å². The molecule has 0 saturated carbocycles. The summed E-state index contributed by atoms with van der Waals surface area (Å²) in [6.07, 6.45) is 5.74. The normalized spacial score (nSPS) is 11.5. The molecule has 35 heavy (non-hydrogen) atoms. The van der Waals surface area contributed by atoms with E-state index in [0.717, 1.165) is 48.4 Å². The molecule has 0 saturated heterocycles. The maximum Gasteiger partial charge on any atom is 0.251 e. The van der Waals surface area contributed by atoms with E-state index in [2.05, 4.69) is 66.0 Å². The molecular weight excluding hydrogens is 436 g/mol. The zero-order valence-electron chi connectivity index (χ0n) is 20.8. The number of amides is 1. The van der Waals surface area contributed by atoms with Crippen LogP contribution in [0.2, 0.25) is 0 Å². The van der Waals surface area contributed by atoms with Crippen LogP contribution >= 0.6 is 0 Å². The van der Waals surface area contributed by atoms with Gasteiger partial charge in [0, 0.05) is 37.5 Å². The molecule has 182 valence electrons. The molecule has 0 radical (unpaired) electrons. The van der Waals surface area contributed by atoms with Crippen molar-refractivity contribution in [3.05, 3.63) is 90.0 Å². The predicted octanol–water partition coefficient (Wildman–Crippen LogP) is 5.56. The number of hydrogen-bond acceptors (Lipinski definition) is 4. The second kappa shape index (κ2) is 11.2. The van der Waals surface area contributed by atoms with E-state index in [0.29, 0.717) is 18.7 Å². The molecule has 0 unspecified atom stereocenters. The van der Waals surface area contributed by atoms with Crippen molar-refractivity contribution in [2.24, 2.45) is 0 Å². The Bertz CT molecular complexity index is 1240. The first kappa shape index (κ1) is 24.5. The fraction of sp³-hybridized carbons (Fsp3) is 0.345. The predicted molar refractivity (Wildman–Crippen MR) is 140 cm³/mol. The number of fused-ring (bicyclic) bond motifs is 1. The van der Waals surface area contributed by atoms with Crippen LogP contribution in [0, 0.1) is 0 Å². The molecule has 2 aromatic carbocycles. The first-order valence-corrected chi connectivity index (χ1v) is 12.3. The zero-order chi connectivity index (χ0) is 24.7. The second-order valence-corrected chi connectivity index (χ2v) is 9.74. The number of carbonyl (C=O) groups is 1. The van der Waals surface area contributed by atoms with Crippen LogP contribution in [-0.4, -0.2) is 33.6 Å². The largest absolute Gasteiger partial charge is 0.494 e. The zero-order valence-corrected chi connectivity index (χ0v) is 20.8. The van der Waals surface area contributed by atoms with Gasteiger partial charge in [-0.05, 0) is 60.2 Å². The number of imidazole rings is 1. The summed E-state index contributed by atoms with van der Waals surface area (Å²) in [5, 5.41) is 2.98. The molecule has 0 fully saturated rings. The lowest BCUT2D eigenvalue weighted by Gasteiger charge is -2.19. The molecule has 0 spiro atoms. The van der Waals surface area contributed by atoms with Gasteiger partial charge in [-0.2, -0.15) is 0 Å². The molecule has 0 bridgehead atoms. The Morgan fingerprint density at radius 3 is 2.46 bits per heavy atom. The third-order valence-corrected chi connectivity index (χ3v) is 6.05. The van der Waals surface area contributed by atoms with Gasteiger partial charge >= 0.3 is 0 Å². The SMILES string of the molecule is CC(C)(C)c1ccc(OCCCn2c(CCCNC(=O)c3ccncc3)nc3ccccc32)cc1. The highest BCUT2D eigenvalue weighted by atomic mass is 16.5. The van der Waals surface area contributed by atoms with Crippen LogP contribution in [0.25, 0.3) is 11.0 Å². The van der Waals surface area contributed by atoms with Crippen molar-refractivity contribution >= 4 is 16.9 Å². The van der Waals surface area contributed by atoms with E-state index in [1.165, 1.54) is 5.56 Å². The van der Waals surface area contributed by atoms with Gasteiger partial charge in [-0.25, -0.2) is 4.98 Å². The molecule has 2 aromatic heterocycles. The molecule has 4 aromatic rings. The third-order valence-electron chi connectivity index (χ3n) is 6.05. The summed E-state index contributed by atoms with van der Waals surface area (Å²) in [4.78, 5) is 21.1. The van der Waals surface area contributed by atoms with E-state index in [1.807, 2.05) is 18.2 Å². The number of pyridine rings is 1. The minimum absolute atomic E-state index is 0.0754. The molecular formula is C29H34N4O2. The molecule has 0 aliphatic carbocycles. The molecule has 0 aliphatic rings. The molecule has 0 aliphatic heterocycles. The lowest BCUT2D eigenvalue weighted by Crippen LogP contribution is -2.25. The number of rotatable bonds is 10. The molecule has 6 nitrogen and oxygen atoms in total. The average molecular weight is 471 g/mol. The number of nitrogens with zero attached hydrogens (tertiary/aromatic N) is 3. The van der Waals surface area contributed by atoms with Crippen molar-refractivity contribution in [3.63, 3.8) is 0 Å².